The number of carbonyl (C=O) groups excluding carboxylic acids is 2. The van der Waals surface area contributed by atoms with Crippen molar-refractivity contribution in [3.8, 4) is 0 Å². The number of nitrogens with zero attached hydrogens (tertiary/aromatic N) is 1. The van der Waals surface area contributed by atoms with Crippen LogP contribution in [0.25, 0.3) is 0 Å². The number of primary amides is 1. The van der Waals surface area contributed by atoms with Gasteiger partial charge in [0.1, 0.15) is 0 Å². The minimum Gasteiger partial charge on any atom is -0.393 e. The standard InChI is InChI=1S/C11H20N2O3/c1-8(14)4-5-10(15)13-6-2-3-9(7-13)11(12)16/h8-9,14H,2-7H2,1H3,(H2,12,16). The summed E-state index contributed by atoms with van der Waals surface area (Å²) in [5.41, 5.74) is 5.23. The summed E-state index contributed by atoms with van der Waals surface area (Å²) in [6, 6.07) is 0. The van der Waals surface area contributed by atoms with E-state index in [9.17, 15) is 9.59 Å². The molecular formula is C11H20N2O3. The van der Waals surface area contributed by atoms with Gasteiger partial charge in [0.2, 0.25) is 11.8 Å². The molecule has 0 aliphatic carbocycles. The topological polar surface area (TPSA) is 83.6 Å². The molecule has 5 heteroatoms. The fraction of sp³-hybridized carbons (Fsp3) is 0.818. The van der Waals surface area contributed by atoms with Crippen molar-refractivity contribution in [2.75, 3.05) is 13.1 Å². The summed E-state index contributed by atoms with van der Waals surface area (Å²) < 4.78 is 0. The lowest BCUT2D eigenvalue weighted by molar-refractivity contribution is -0.135. The maximum Gasteiger partial charge on any atom is 0.222 e. The second-order valence-electron chi connectivity index (χ2n) is 4.47. The van der Waals surface area contributed by atoms with E-state index in [1.165, 1.54) is 0 Å². The van der Waals surface area contributed by atoms with Crippen LogP contribution in [0.2, 0.25) is 0 Å². The van der Waals surface area contributed by atoms with Crippen LogP contribution < -0.4 is 5.73 Å². The molecule has 2 atom stereocenters. The van der Waals surface area contributed by atoms with Crippen molar-refractivity contribution in [1.82, 2.24) is 4.90 Å². The largest absolute Gasteiger partial charge is 0.393 e. The number of aliphatic hydroxyl groups excluding tert-OH is 1. The summed E-state index contributed by atoms with van der Waals surface area (Å²) in [6.45, 7) is 2.80. The maximum atomic E-state index is 11.7. The van der Waals surface area contributed by atoms with Crippen molar-refractivity contribution in [3.05, 3.63) is 0 Å². The number of piperidine rings is 1. The van der Waals surface area contributed by atoms with Gasteiger partial charge in [-0.1, -0.05) is 0 Å². The lowest BCUT2D eigenvalue weighted by Gasteiger charge is -2.31. The van der Waals surface area contributed by atoms with Gasteiger partial charge in [0.25, 0.3) is 0 Å². The van der Waals surface area contributed by atoms with E-state index in [1.807, 2.05) is 0 Å². The number of hydrogen-bond acceptors (Lipinski definition) is 3. The molecule has 0 aromatic heterocycles. The van der Waals surface area contributed by atoms with Crippen molar-refractivity contribution >= 4 is 11.8 Å². The molecule has 1 heterocycles. The van der Waals surface area contributed by atoms with Crippen molar-refractivity contribution in [2.45, 2.75) is 38.7 Å². The molecule has 92 valence electrons. The lowest BCUT2D eigenvalue weighted by atomic mass is 9.97. The molecule has 5 nitrogen and oxygen atoms in total. The molecule has 16 heavy (non-hydrogen) atoms. The van der Waals surface area contributed by atoms with Gasteiger partial charge in [-0.25, -0.2) is 0 Å². The molecular weight excluding hydrogens is 208 g/mol. The Balaban J connectivity index is 2.41. The molecule has 0 radical (unpaired) electrons. The van der Waals surface area contributed by atoms with Crippen LogP contribution in [-0.4, -0.2) is 41.0 Å². The number of rotatable bonds is 4. The monoisotopic (exact) mass is 228 g/mol. The minimum atomic E-state index is -0.458. The van der Waals surface area contributed by atoms with Crippen LogP contribution >= 0.6 is 0 Å². The van der Waals surface area contributed by atoms with Gasteiger partial charge in [-0.05, 0) is 26.2 Å². The van der Waals surface area contributed by atoms with E-state index in [0.29, 0.717) is 25.9 Å². The van der Waals surface area contributed by atoms with Crippen molar-refractivity contribution < 1.29 is 14.7 Å². The number of amides is 2. The Kier molecular flexibility index (Phi) is 4.73. The Morgan fingerprint density at radius 3 is 2.81 bits per heavy atom. The van der Waals surface area contributed by atoms with E-state index in [-0.39, 0.29) is 17.7 Å². The molecule has 0 aromatic carbocycles. The van der Waals surface area contributed by atoms with Crippen LogP contribution in [0.3, 0.4) is 0 Å². The highest BCUT2D eigenvalue weighted by atomic mass is 16.3. The van der Waals surface area contributed by atoms with E-state index in [2.05, 4.69) is 0 Å². The molecule has 1 saturated heterocycles. The molecule has 1 fully saturated rings. The number of nitrogens with two attached hydrogens (primary N) is 1. The zero-order chi connectivity index (χ0) is 12.1. The molecule has 0 spiro atoms. The minimum absolute atomic E-state index is 0.00634. The number of aliphatic hydroxyl groups is 1. The first-order valence-corrected chi connectivity index (χ1v) is 5.76. The Morgan fingerprint density at radius 2 is 2.25 bits per heavy atom. The van der Waals surface area contributed by atoms with Crippen molar-refractivity contribution in [2.24, 2.45) is 11.7 Å². The molecule has 0 aromatic rings. The first-order chi connectivity index (χ1) is 7.50. The normalized spacial score (nSPS) is 22.9. The molecule has 1 rings (SSSR count). The third-order valence-electron chi connectivity index (χ3n) is 2.95. The third-order valence-corrected chi connectivity index (χ3v) is 2.95. The van der Waals surface area contributed by atoms with Crippen LogP contribution in [-0.2, 0) is 9.59 Å². The van der Waals surface area contributed by atoms with Crippen molar-refractivity contribution in [3.63, 3.8) is 0 Å². The predicted octanol–water partition coefficient (Wildman–Crippen LogP) is -0.129. The van der Waals surface area contributed by atoms with Crippen LogP contribution in [0.4, 0.5) is 0 Å². The van der Waals surface area contributed by atoms with Crippen LogP contribution in [0, 0.1) is 5.92 Å². The van der Waals surface area contributed by atoms with Gasteiger partial charge >= 0.3 is 0 Å². The highest BCUT2D eigenvalue weighted by Gasteiger charge is 2.26. The molecule has 0 saturated carbocycles. The van der Waals surface area contributed by atoms with Gasteiger partial charge in [0, 0.05) is 19.5 Å². The fourth-order valence-corrected chi connectivity index (χ4v) is 1.93. The zero-order valence-electron chi connectivity index (χ0n) is 9.69. The predicted molar refractivity (Wildman–Crippen MR) is 59.4 cm³/mol. The molecule has 1 aliphatic rings. The Bertz CT molecular complexity index is 266. The molecule has 3 N–H and O–H groups in total. The highest BCUT2D eigenvalue weighted by molar-refractivity contribution is 5.80. The van der Waals surface area contributed by atoms with Crippen LogP contribution in [0.15, 0.2) is 0 Å². The first kappa shape index (κ1) is 13.0. The van der Waals surface area contributed by atoms with E-state index >= 15 is 0 Å². The van der Waals surface area contributed by atoms with Crippen molar-refractivity contribution in [1.29, 1.82) is 0 Å². The van der Waals surface area contributed by atoms with Gasteiger partial charge in [-0.2, -0.15) is 0 Å². The highest BCUT2D eigenvalue weighted by Crippen LogP contribution is 2.17. The van der Waals surface area contributed by atoms with Crippen LogP contribution in [0.5, 0.6) is 0 Å². The summed E-state index contributed by atoms with van der Waals surface area (Å²) in [4.78, 5) is 24.4. The number of hydrogen-bond donors (Lipinski definition) is 2. The SMILES string of the molecule is CC(O)CCC(=O)N1CCCC(C(N)=O)C1. The second kappa shape index (κ2) is 5.84. The maximum absolute atomic E-state index is 11.7. The molecule has 2 amide bonds. The Morgan fingerprint density at radius 1 is 1.56 bits per heavy atom. The van der Waals surface area contributed by atoms with Gasteiger partial charge in [-0.3, -0.25) is 9.59 Å². The number of carbonyl (C=O) groups is 2. The van der Waals surface area contributed by atoms with E-state index in [4.69, 9.17) is 10.8 Å². The zero-order valence-corrected chi connectivity index (χ0v) is 9.69. The summed E-state index contributed by atoms with van der Waals surface area (Å²) in [5, 5.41) is 9.09. The summed E-state index contributed by atoms with van der Waals surface area (Å²) in [7, 11) is 0. The van der Waals surface area contributed by atoms with Gasteiger partial charge in [-0.15, -0.1) is 0 Å². The van der Waals surface area contributed by atoms with Gasteiger partial charge in [0.15, 0.2) is 0 Å². The molecule has 0 bridgehead atoms. The van der Waals surface area contributed by atoms with E-state index < -0.39 is 6.10 Å². The molecule has 1 aliphatic heterocycles. The first-order valence-electron chi connectivity index (χ1n) is 5.76. The Labute approximate surface area is 95.6 Å². The summed E-state index contributed by atoms with van der Waals surface area (Å²) in [5.74, 6) is -0.524. The van der Waals surface area contributed by atoms with E-state index in [1.54, 1.807) is 11.8 Å². The van der Waals surface area contributed by atoms with Gasteiger partial charge < -0.3 is 15.7 Å². The number of likely N-dealkylation sites (tertiary alicyclic amines) is 1. The molecule has 2 unspecified atom stereocenters. The average molecular weight is 228 g/mol. The van der Waals surface area contributed by atoms with E-state index in [0.717, 1.165) is 12.8 Å². The lowest BCUT2D eigenvalue weighted by Crippen LogP contribution is -2.44. The smallest absolute Gasteiger partial charge is 0.222 e. The second-order valence-corrected chi connectivity index (χ2v) is 4.47. The third kappa shape index (κ3) is 3.81. The van der Waals surface area contributed by atoms with Crippen LogP contribution in [0.1, 0.15) is 32.6 Å². The fourth-order valence-electron chi connectivity index (χ4n) is 1.93. The average Bonchev–Trinajstić information content (AvgIpc) is 2.26. The van der Waals surface area contributed by atoms with Gasteiger partial charge in [0.05, 0.1) is 12.0 Å². The Hall–Kier alpha value is -1.10. The summed E-state index contributed by atoms with van der Waals surface area (Å²) in [6.07, 6.45) is 1.95. The quantitative estimate of drug-likeness (QED) is 0.703. The summed E-state index contributed by atoms with van der Waals surface area (Å²) >= 11 is 0.